The highest BCUT2D eigenvalue weighted by molar-refractivity contribution is 8.00. The molecule has 1 aromatic carbocycles. The summed E-state index contributed by atoms with van der Waals surface area (Å²) in [5, 5.41) is 17.2. The number of carbonyl (C=O) groups excluding carboxylic acids is 1. The van der Waals surface area contributed by atoms with Crippen LogP contribution in [0.25, 0.3) is 0 Å². The highest BCUT2D eigenvalue weighted by atomic mass is 32.2. The first kappa shape index (κ1) is 19.4. The van der Waals surface area contributed by atoms with E-state index in [1.807, 2.05) is 42.6 Å². The monoisotopic (exact) mass is 403 g/mol. The first-order valence-electron chi connectivity index (χ1n) is 8.51. The van der Waals surface area contributed by atoms with Crippen LogP contribution in [-0.4, -0.2) is 45.0 Å². The number of nitrogens with zero attached hydrogens (tertiary/aromatic N) is 4. The smallest absolute Gasteiger partial charge is 0.233 e. The molecule has 1 unspecified atom stereocenters. The molecule has 2 heterocycles. The molecule has 27 heavy (non-hydrogen) atoms. The third-order valence-corrected chi connectivity index (χ3v) is 5.90. The fourth-order valence-corrected chi connectivity index (χ4v) is 3.93. The van der Waals surface area contributed by atoms with Crippen LogP contribution in [0.5, 0.6) is 5.75 Å². The number of thiophene rings is 1. The summed E-state index contributed by atoms with van der Waals surface area (Å²) in [6.07, 6.45) is 0.843. The van der Waals surface area contributed by atoms with Crippen molar-refractivity contribution in [3.63, 3.8) is 0 Å². The van der Waals surface area contributed by atoms with Crippen LogP contribution in [0.4, 0.5) is 0 Å². The predicted molar refractivity (Wildman–Crippen MR) is 106 cm³/mol. The Bertz CT molecular complexity index is 849. The van der Waals surface area contributed by atoms with Crippen molar-refractivity contribution in [3.05, 3.63) is 52.2 Å². The molecular weight excluding hydrogens is 382 g/mol. The number of rotatable bonds is 9. The normalized spacial score (nSPS) is 11.9. The van der Waals surface area contributed by atoms with Gasteiger partial charge in [0.25, 0.3) is 0 Å². The van der Waals surface area contributed by atoms with Gasteiger partial charge in [-0.3, -0.25) is 4.79 Å². The number of methoxy groups -OCH3 is 1. The lowest BCUT2D eigenvalue weighted by atomic mass is 10.2. The fraction of sp³-hybridized carbons (Fsp3) is 0.333. The first-order chi connectivity index (χ1) is 13.2. The summed E-state index contributed by atoms with van der Waals surface area (Å²) in [7, 11) is 1.64. The van der Waals surface area contributed by atoms with E-state index in [0.717, 1.165) is 17.7 Å². The average Bonchev–Trinajstić information content (AvgIpc) is 3.35. The molecule has 0 saturated heterocycles. The third kappa shape index (κ3) is 5.54. The Labute approximate surface area is 166 Å². The zero-order valence-electron chi connectivity index (χ0n) is 15.2. The van der Waals surface area contributed by atoms with Gasteiger partial charge in [0.2, 0.25) is 11.1 Å². The standard InChI is InChI=1S/C18H21N5O2S2/c1-13(17(24)19-10-9-16-4-3-11-26-16)27-18-20-21-22-23(18)12-14-5-7-15(25-2)8-6-14/h3-8,11,13H,9-10,12H2,1-2H3,(H,19,24). The van der Waals surface area contributed by atoms with Gasteiger partial charge >= 0.3 is 0 Å². The molecule has 2 aromatic heterocycles. The lowest BCUT2D eigenvalue weighted by Gasteiger charge is -2.11. The molecule has 9 heteroatoms. The molecule has 7 nitrogen and oxygen atoms in total. The lowest BCUT2D eigenvalue weighted by Crippen LogP contribution is -2.32. The Hall–Kier alpha value is -2.39. The van der Waals surface area contributed by atoms with Crippen molar-refractivity contribution in [2.75, 3.05) is 13.7 Å². The zero-order chi connectivity index (χ0) is 19.1. The maximum Gasteiger partial charge on any atom is 0.233 e. The van der Waals surface area contributed by atoms with Crippen LogP contribution in [0.3, 0.4) is 0 Å². The maximum absolute atomic E-state index is 12.3. The predicted octanol–water partition coefficient (Wildman–Crippen LogP) is 2.63. The average molecular weight is 404 g/mol. The maximum atomic E-state index is 12.3. The number of amides is 1. The van der Waals surface area contributed by atoms with Crippen molar-refractivity contribution >= 4 is 29.0 Å². The molecule has 0 spiro atoms. The molecule has 1 atom stereocenters. The Balaban J connectivity index is 1.52. The summed E-state index contributed by atoms with van der Waals surface area (Å²) in [5.41, 5.74) is 1.05. The van der Waals surface area contributed by atoms with Crippen LogP contribution in [0, 0.1) is 0 Å². The van der Waals surface area contributed by atoms with E-state index in [2.05, 4.69) is 26.9 Å². The Morgan fingerprint density at radius 2 is 2.15 bits per heavy atom. The van der Waals surface area contributed by atoms with Crippen molar-refractivity contribution in [1.29, 1.82) is 0 Å². The van der Waals surface area contributed by atoms with Crippen molar-refractivity contribution in [2.45, 2.75) is 30.3 Å². The van der Waals surface area contributed by atoms with E-state index in [1.165, 1.54) is 16.6 Å². The fourth-order valence-electron chi connectivity index (χ4n) is 2.40. The molecule has 3 rings (SSSR count). The number of carbonyl (C=O) groups is 1. The van der Waals surface area contributed by atoms with Crippen molar-refractivity contribution in [2.24, 2.45) is 0 Å². The molecule has 0 aliphatic heterocycles. The Morgan fingerprint density at radius 1 is 1.33 bits per heavy atom. The van der Waals surface area contributed by atoms with Gasteiger partial charge in [-0.15, -0.1) is 16.4 Å². The molecule has 142 valence electrons. The highest BCUT2D eigenvalue weighted by Crippen LogP contribution is 2.21. The van der Waals surface area contributed by atoms with E-state index in [0.29, 0.717) is 18.2 Å². The highest BCUT2D eigenvalue weighted by Gasteiger charge is 2.18. The molecule has 3 aromatic rings. The van der Waals surface area contributed by atoms with Crippen LogP contribution in [0.15, 0.2) is 46.9 Å². The quantitative estimate of drug-likeness (QED) is 0.553. The molecule has 0 aliphatic rings. The molecule has 1 N–H and O–H groups in total. The largest absolute Gasteiger partial charge is 0.497 e. The summed E-state index contributed by atoms with van der Waals surface area (Å²) in [5.74, 6) is 0.786. The van der Waals surface area contributed by atoms with E-state index in [4.69, 9.17) is 4.74 Å². The number of hydrogen-bond donors (Lipinski definition) is 1. The molecule has 0 fully saturated rings. The van der Waals surface area contributed by atoms with Crippen LogP contribution in [-0.2, 0) is 17.8 Å². The molecule has 0 radical (unpaired) electrons. The number of ether oxygens (including phenoxy) is 1. The van der Waals surface area contributed by atoms with E-state index in [-0.39, 0.29) is 11.2 Å². The minimum atomic E-state index is -0.283. The van der Waals surface area contributed by atoms with Crippen LogP contribution in [0.1, 0.15) is 17.4 Å². The minimum absolute atomic E-state index is 0.0180. The van der Waals surface area contributed by atoms with Crippen LogP contribution < -0.4 is 10.1 Å². The topological polar surface area (TPSA) is 81.9 Å². The van der Waals surface area contributed by atoms with Crippen LogP contribution in [0.2, 0.25) is 0 Å². The second-order valence-corrected chi connectivity index (χ2v) is 8.19. The first-order valence-corrected chi connectivity index (χ1v) is 10.3. The second kappa shape index (κ2) is 9.52. The van der Waals surface area contributed by atoms with E-state index in [9.17, 15) is 4.79 Å². The molecule has 0 aliphatic carbocycles. The second-order valence-electron chi connectivity index (χ2n) is 5.85. The van der Waals surface area contributed by atoms with Crippen molar-refractivity contribution in [1.82, 2.24) is 25.5 Å². The summed E-state index contributed by atoms with van der Waals surface area (Å²) in [6.45, 7) is 3.02. The molecular formula is C18H21N5O2S2. The van der Waals surface area contributed by atoms with Gasteiger partial charge in [0.15, 0.2) is 0 Å². The molecule has 0 bridgehead atoms. The SMILES string of the molecule is COc1ccc(Cn2nnnc2SC(C)C(=O)NCCc2cccs2)cc1. The summed E-state index contributed by atoms with van der Waals surface area (Å²) < 4.78 is 6.86. The molecule has 1 amide bonds. The number of benzene rings is 1. The number of hydrogen-bond acceptors (Lipinski definition) is 7. The third-order valence-electron chi connectivity index (χ3n) is 3.89. The number of thioether (sulfide) groups is 1. The van der Waals surface area contributed by atoms with Gasteiger partial charge < -0.3 is 10.1 Å². The van der Waals surface area contributed by atoms with Crippen molar-refractivity contribution in [3.8, 4) is 5.75 Å². The van der Waals surface area contributed by atoms with Gasteiger partial charge in [-0.05, 0) is 52.9 Å². The van der Waals surface area contributed by atoms with Gasteiger partial charge in [-0.2, -0.15) is 0 Å². The van der Waals surface area contributed by atoms with Gasteiger partial charge in [0.1, 0.15) is 5.75 Å². The van der Waals surface area contributed by atoms with Crippen molar-refractivity contribution < 1.29 is 9.53 Å². The van der Waals surface area contributed by atoms with Crippen LogP contribution >= 0.6 is 23.1 Å². The number of aromatic nitrogens is 4. The number of tetrazole rings is 1. The zero-order valence-corrected chi connectivity index (χ0v) is 16.8. The van der Waals surface area contributed by atoms with Gasteiger partial charge in [-0.1, -0.05) is 30.0 Å². The summed E-state index contributed by atoms with van der Waals surface area (Å²) in [6, 6.07) is 11.8. The van der Waals surface area contributed by atoms with Gasteiger partial charge in [-0.25, -0.2) is 4.68 Å². The van der Waals surface area contributed by atoms with E-state index < -0.39 is 0 Å². The molecule has 0 saturated carbocycles. The van der Waals surface area contributed by atoms with E-state index >= 15 is 0 Å². The van der Waals surface area contributed by atoms with Gasteiger partial charge in [0.05, 0.1) is 18.9 Å². The summed E-state index contributed by atoms with van der Waals surface area (Å²) >= 11 is 3.05. The minimum Gasteiger partial charge on any atom is -0.497 e. The Kier molecular flexibility index (Phi) is 6.83. The number of nitrogens with one attached hydrogen (secondary N) is 1. The van der Waals surface area contributed by atoms with Gasteiger partial charge in [0, 0.05) is 11.4 Å². The lowest BCUT2D eigenvalue weighted by molar-refractivity contribution is -0.120. The van der Waals surface area contributed by atoms with E-state index in [1.54, 1.807) is 23.1 Å². The Morgan fingerprint density at radius 3 is 2.85 bits per heavy atom. The summed E-state index contributed by atoms with van der Waals surface area (Å²) in [4.78, 5) is 13.6.